The number of nitrogens with zero attached hydrogens (tertiary/aromatic N) is 2. The Morgan fingerprint density at radius 2 is 1.70 bits per heavy atom. The van der Waals surface area contributed by atoms with Crippen LogP contribution in [0.5, 0.6) is 5.75 Å². The van der Waals surface area contributed by atoms with E-state index in [-0.39, 0.29) is 5.78 Å². The van der Waals surface area contributed by atoms with Crippen LogP contribution < -0.4 is 9.64 Å². The van der Waals surface area contributed by atoms with Gasteiger partial charge in [0, 0.05) is 44.4 Å². The van der Waals surface area contributed by atoms with E-state index in [1.807, 2.05) is 24.3 Å². The molecule has 1 saturated heterocycles. The van der Waals surface area contributed by atoms with Crippen molar-refractivity contribution in [3.05, 3.63) is 36.0 Å². The Morgan fingerprint density at radius 1 is 1.00 bits per heavy atom. The van der Waals surface area contributed by atoms with Crippen molar-refractivity contribution in [3.63, 3.8) is 0 Å². The Balaban J connectivity index is 1.66. The second-order valence-corrected chi connectivity index (χ2v) is 5.25. The molecular weight excluding hydrogens is 252 g/mol. The lowest BCUT2D eigenvalue weighted by atomic mass is 10.2. The molecule has 1 heterocycles. The third-order valence-electron chi connectivity index (χ3n) is 4.07. The largest absolute Gasteiger partial charge is 0.495 e. The highest BCUT2D eigenvalue weighted by Gasteiger charge is 2.23. The van der Waals surface area contributed by atoms with E-state index < -0.39 is 0 Å². The zero-order valence-corrected chi connectivity index (χ0v) is 11.8. The van der Waals surface area contributed by atoms with E-state index in [0.717, 1.165) is 44.0 Å². The Bertz CT molecular complexity index is 531. The maximum Gasteiger partial charge on any atom is 0.157 e. The lowest BCUT2D eigenvalue weighted by Crippen LogP contribution is -2.45. The molecule has 0 bridgehead atoms. The molecular formula is C16H20N2O2. The Kier molecular flexibility index (Phi) is 3.63. The van der Waals surface area contributed by atoms with E-state index in [2.05, 4.69) is 15.9 Å². The van der Waals surface area contributed by atoms with Crippen molar-refractivity contribution >= 4 is 11.5 Å². The minimum atomic E-state index is 0.271. The number of anilines is 1. The normalized spacial score (nSPS) is 19.2. The topological polar surface area (TPSA) is 32.8 Å². The first-order chi connectivity index (χ1) is 9.78. The maximum absolute atomic E-state index is 11.3. The van der Waals surface area contributed by atoms with Crippen molar-refractivity contribution in [1.29, 1.82) is 0 Å². The van der Waals surface area contributed by atoms with Gasteiger partial charge in [0.15, 0.2) is 5.78 Å². The second kappa shape index (κ2) is 5.57. The van der Waals surface area contributed by atoms with Gasteiger partial charge in [-0.15, -0.1) is 0 Å². The molecule has 1 aliphatic heterocycles. The van der Waals surface area contributed by atoms with Crippen molar-refractivity contribution in [2.75, 3.05) is 38.2 Å². The first-order valence-corrected chi connectivity index (χ1v) is 7.14. The SMILES string of the molecule is COc1ccccc1N1CCN(C2=CC(=O)CC2)CC1. The highest BCUT2D eigenvalue weighted by Crippen LogP contribution is 2.29. The minimum Gasteiger partial charge on any atom is -0.495 e. The molecule has 0 saturated carbocycles. The summed E-state index contributed by atoms with van der Waals surface area (Å²) < 4.78 is 5.43. The highest BCUT2D eigenvalue weighted by atomic mass is 16.5. The van der Waals surface area contributed by atoms with Gasteiger partial charge in [0.2, 0.25) is 0 Å². The number of hydrogen-bond donors (Lipinski definition) is 0. The van der Waals surface area contributed by atoms with Crippen LogP contribution in [0.3, 0.4) is 0 Å². The molecule has 0 unspecified atom stereocenters. The minimum absolute atomic E-state index is 0.271. The number of carbonyl (C=O) groups excluding carboxylic acids is 1. The highest BCUT2D eigenvalue weighted by molar-refractivity contribution is 5.92. The molecule has 0 radical (unpaired) electrons. The quantitative estimate of drug-likeness (QED) is 0.843. The molecule has 4 heteroatoms. The van der Waals surface area contributed by atoms with Crippen LogP contribution in [0.15, 0.2) is 36.0 Å². The first kappa shape index (κ1) is 13.0. The smallest absolute Gasteiger partial charge is 0.157 e. The van der Waals surface area contributed by atoms with Crippen molar-refractivity contribution in [2.45, 2.75) is 12.8 Å². The average Bonchev–Trinajstić information content (AvgIpc) is 2.94. The van der Waals surface area contributed by atoms with Crippen molar-refractivity contribution < 1.29 is 9.53 Å². The van der Waals surface area contributed by atoms with Gasteiger partial charge in [0.05, 0.1) is 12.8 Å². The fraction of sp³-hybridized carbons (Fsp3) is 0.438. The summed E-state index contributed by atoms with van der Waals surface area (Å²) in [5.74, 6) is 1.20. The molecule has 1 aliphatic carbocycles. The predicted octanol–water partition coefficient (Wildman–Crippen LogP) is 2.06. The maximum atomic E-state index is 11.3. The van der Waals surface area contributed by atoms with Crippen LogP contribution in [0.4, 0.5) is 5.69 Å². The number of ketones is 1. The van der Waals surface area contributed by atoms with Crippen LogP contribution in [0.2, 0.25) is 0 Å². The molecule has 0 atom stereocenters. The Morgan fingerprint density at radius 3 is 2.35 bits per heavy atom. The molecule has 20 heavy (non-hydrogen) atoms. The summed E-state index contributed by atoms with van der Waals surface area (Å²) in [6.07, 6.45) is 3.41. The standard InChI is InChI=1S/C16H20N2O2/c1-20-16-5-3-2-4-15(16)18-10-8-17(9-11-18)13-6-7-14(19)12-13/h2-5,12H,6-11H2,1H3. The third-order valence-corrected chi connectivity index (χ3v) is 4.07. The number of piperazine rings is 1. The zero-order valence-electron chi connectivity index (χ0n) is 11.8. The number of benzene rings is 1. The number of allylic oxidation sites excluding steroid dienone is 2. The van der Waals surface area contributed by atoms with Crippen LogP contribution in [0.1, 0.15) is 12.8 Å². The zero-order chi connectivity index (χ0) is 13.9. The summed E-state index contributed by atoms with van der Waals surface area (Å²) in [4.78, 5) is 16.0. The van der Waals surface area contributed by atoms with Gasteiger partial charge >= 0.3 is 0 Å². The first-order valence-electron chi connectivity index (χ1n) is 7.14. The molecule has 1 aromatic carbocycles. The third kappa shape index (κ3) is 2.50. The van der Waals surface area contributed by atoms with E-state index in [0.29, 0.717) is 6.42 Å². The van der Waals surface area contributed by atoms with Gasteiger partial charge in [-0.2, -0.15) is 0 Å². The average molecular weight is 272 g/mol. The second-order valence-electron chi connectivity index (χ2n) is 5.25. The molecule has 0 N–H and O–H groups in total. The summed E-state index contributed by atoms with van der Waals surface area (Å²) in [7, 11) is 1.71. The number of methoxy groups -OCH3 is 1. The van der Waals surface area contributed by atoms with Gasteiger partial charge in [-0.1, -0.05) is 12.1 Å². The molecule has 1 aromatic rings. The molecule has 0 amide bonds. The fourth-order valence-electron chi connectivity index (χ4n) is 2.96. The van der Waals surface area contributed by atoms with Crippen LogP contribution in [-0.4, -0.2) is 44.0 Å². The predicted molar refractivity (Wildman–Crippen MR) is 79.1 cm³/mol. The lowest BCUT2D eigenvalue weighted by Gasteiger charge is -2.38. The van der Waals surface area contributed by atoms with Crippen LogP contribution in [-0.2, 0) is 4.79 Å². The fourth-order valence-corrected chi connectivity index (χ4v) is 2.96. The van der Waals surface area contributed by atoms with E-state index in [4.69, 9.17) is 4.74 Å². The molecule has 2 aliphatic rings. The van der Waals surface area contributed by atoms with E-state index in [9.17, 15) is 4.79 Å². The molecule has 1 fully saturated rings. The summed E-state index contributed by atoms with van der Waals surface area (Å²) >= 11 is 0. The number of para-hydroxylation sites is 2. The lowest BCUT2D eigenvalue weighted by molar-refractivity contribution is -0.114. The Hall–Kier alpha value is -1.97. The molecule has 3 rings (SSSR count). The molecule has 106 valence electrons. The number of hydrogen-bond acceptors (Lipinski definition) is 4. The van der Waals surface area contributed by atoms with Gasteiger partial charge < -0.3 is 14.5 Å². The number of carbonyl (C=O) groups is 1. The van der Waals surface area contributed by atoms with Gasteiger partial charge in [0.1, 0.15) is 5.75 Å². The van der Waals surface area contributed by atoms with Crippen molar-refractivity contribution in [2.24, 2.45) is 0 Å². The molecule has 0 aromatic heterocycles. The van der Waals surface area contributed by atoms with E-state index in [1.165, 1.54) is 5.70 Å². The van der Waals surface area contributed by atoms with E-state index >= 15 is 0 Å². The molecule has 0 spiro atoms. The molecule has 4 nitrogen and oxygen atoms in total. The van der Waals surface area contributed by atoms with Crippen LogP contribution in [0, 0.1) is 0 Å². The summed E-state index contributed by atoms with van der Waals surface area (Å²) in [5, 5.41) is 0. The van der Waals surface area contributed by atoms with Crippen LogP contribution >= 0.6 is 0 Å². The van der Waals surface area contributed by atoms with Crippen molar-refractivity contribution in [3.8, 4) is 5.75 Å². The van der Waals surface area contributed by atoms with Crippen molar-refractivity contribution in [1.82, 2.24) is 4.90 Å². The van der Waals surface area contributed by atoms with Gasteiger partial charge in [-0.3, -0.25) is 4.79 Å². The summed E-state index contributed by atoms with van der Waals surface area (Å²) in [5.41, 5.74) is 2.38. The van der Waals surface area contributed by atoms with E-state index in [1.54, 1.807) is 7.11 Å². The van der Waals surface area contributed by atoms with Crippen LogP contribution in [0.25, 0.3) is 0 Å². The monoisotopic (exact) mass is 272 g/mol. The van der Waals surface area contributed by atoms with Gasteiger partial charge in [-0.05, 0) is 18.6 Å². The number of ether oxygens (including phenoxy) is 1. The number of rotatable bonds is 3. The summed E-state index contributed by atoms with van der Waals surface area (Å²) in [6.45, 7) is 3.87. The summed E-state index contributed by atoms with van der Waals surface area (Å²) in [6, 6.07) is 8.14. The Labute approximate surface area is 119 Å². The van der Waals surface area contributed by atoms with Gasteiger partial charge in [0.25, 0.3) is 0 Å². The van der Waals surface area contributed by atoms with Gasteiger partial charge in [-0.25, -0.2) is 0 Å².